The van der Waals surface area contributed by atoms with Crippen molar-refractivity contribution < 1.29 is 14.2 Å². The van der Waals surface area contributed by atoms with Crippen LogP contribution in [-0.4, -0.2) is 98.7 Å². The maximum absolute atomic E-state index is 6.44. The molecule has 3 aliphatic heterocycles. The zero-order valence-electron chi connectivity index (χ0n) is 22.9. The van der Waals surface area contributed by atoms with Gasteiger partial charge in [0.1, 0.15) is 11.9 Å². The topological polar surface area (TPSA) is 95.6 Å². The highest BCUT2D eigenvalue weighted by Gasteiger charge is 2.36. The first-order valence-corrected chi connectivity index (χ1v) is 14.1. The molecule has 39 heavy (non-hydrogen) atoms. The monoisotopic (exact) mass is 532 g/mol. The van der Waals surface area contributed by atoms with Crippen molar-refractivity contribution in [1.82, 2.24) is 34.0 Å². The fourth-order valence-corrected chi connectivity index (χ4v) is 5.90. The van der Waals surface area contributed by atoms with E-state index < -0.39 is 0 Å². The Labute approximate surface area is 227 Å². The van der Waals surface area contributed by atoms with E-state index in [0.29, 0.717) is 31.2 Å². The summed E-state index contributed by atoms with van der Waals surface area (Å²) in [6.45, 7) is 10.7. The molecule has 4 aromatic rings. The van der Waals surface area contributed by atoms with Crippen LogP contribution < -0.4 is 9.64 Å². The van der Waals surface area contributed by atoms with Crippen molar-refractivity contribution in [1.29, 1.82) is 0 Å². The summed E-state index contributed by atoms with van der Waals surface area (Å²) in [6.07, 6.45) is 2.32. The third-order valence-corrected chi connectivity index (χ3v) is 8.12. The maximum atomic E-state index is 6.44. The minimum atomic E-state index is 0.118. The fraction of sp³-hybridized carbons (Fsp3) is 0.571. The summed E-state index contributed by atoms with van der Waals surface area (Å²) in [5.74, 6) is 2.55. The molecule has 3 aliphatic rings. The van der Waals surface area contributed by atoms with Crippen molar-refractivity contribution in [2.24, 2.45) is 7.05 Å². The fourth-order valence-electron chi connectivity index (χ4n) is 5.90. The van der Waals surface area contributed by atoms with E-state index in [1.54, 1.807) is 0 Å². The van der Waals surface area contributed by atoms with Gasteiger partial charge >= 0.3 is 0 Å². The van der Waals surface area contributed by atoms with Crippen molar-refractivity contribution in [2.75, 3.05) is 57.5 Å². The molecular formula is C28H36N8O3. The molecule has 0 bridgehead atoms. The Morgan fingerprint density at radius 1 is 0.923 bits per heavy atom. The standard InChI is InChI=1S/C28H36N8O3/c1-18(2)24-29-21-6-4-5-7-22(21)36(24)27-31-25-23(26(32-27)34-10-14-38-15-11-34)30-28(33(25)3)39-20-16-35(17-20)19-8-12-37-13-9-19/h4-7,18-20H,8-17H2,1-3H3. The van der Waals surface area contributed by atoms with Crippen molar-refractivity contribution in [3.8, 4) is 12.0 Å². The van der Waals surface area contributed by atoms with Gasteiger partial charge in [-0.05, 0) is 25.0 Å². The number of benzene rings is 1. The second-order valence-corrected chi connectivity index (χ2v) is 11.1. The summed E-state index contributed by atoms with van der Waals surface area (Å²) in [5, 5.41) is 0. The van der Waals surface area contributed by atoms with Crippen molar-refractivity contribution in [2.45, 2.75) is 44.8 Å². The number of imidazole rings is 2. The van der Waals surface area contributed by atoms with Crippen LogP contribution in [0.5, 0.6) is 6.01 Å². The highest BCUT2D eigenvalue weighted by Crippen LogP contribution is 2.32. The highest BCUT2D eigenvalue weighted by atomic mass is 16.5. The van der Waals surface area contributed by atoms with Crippen LogP contribution in [0, 0.1) is 0 Å². The third-order valence-electron chi connectivity index (χ3n) is 8.12. The summed E-state index contributed by atoms with van der Waals surface area (Å²) in [7, 11) is 1.98. The molecule has 6 heterocycles. The molecule has 206 valence electrons. The molecule has 0 amide bonds. The molecule has 0 aliphatic carbocycles. The van der Waals surface area contributed by atoms with Gasteiger partial charge in [-0.1, -0.05) is 26.0 Å². The predicted molar refractivity (Wildman–Crippen MR) is 148 cm³/mol. The quantitative estimate of drug-likeness (QED) is 0.371. The predicted octanol–water partition coefficient (Wildman–Crippen LogP) is 2.90. The smallest absolute Gasteiger partial charge is 0.298 e. The molecule has 1 aromatic carbocycles. The van der Waals surface area contributed by atoms with Gasteiger partial charge in [0.05, 0.1) is 24.2 Å². The van der Waals surface area contributed by atoms with Gasteiger partial charge in [0.15, 0.2) is 17.0 Å². The number of hydrogen-bond acceptors (Lipinski definition) is 9. The maximum Gasteiger partial charge on any atom is 0.298 e. The van der Waals surface area contributed by atoms with Crippen molar-refractivity contribution in [3.63, 3.8) is 0 Å². The number of anilines is 1. The van der Waals surface area contributed by atoms with E-state index in [1.807, 2.05) is 29.8 Å². The minimum absolute atomic E-state index is 0.118. The van der Waals surface area contributed by atoms with Crippen LogP contribution in [0.15, 0.2) is 24.3 Å². The third kappa shape index (κ3) is 4.42. The number of fused-ring (bicyclic) bond motifs is 2. The van der Waals surface area contributed by atoms with E-state index in [0.717, 1.165) is 86.1 Å². The average Bonchev–Trinajstić information content (AvgIpc) is 3.49. The van der Waals surface area contributed by atoms with Gasteiger partial charge in [-0.2, -0.15) is 15.0 Å². The zero-order valence-corrected chi connectivity index (χ0v) is 22.9. The van der Waals surface area contributed by atoms with Crippen molar-refractivity contribution in [3.05, 3.63) is 30.1 Å². The van der Waals surface area contributed by atoms with E-state index in [-0.39, 0.29) is 12.0 Å². The molecule has 3 aromatic heterocycles. The normalized spacial score (nSPS) is 19.8. The van der Waals surface area contributed by atoms with Gasteiger partial charge in [0.25, 0.3) is 6.01 Å². The summed E-state index contributed by atoms with van der Waals surface area (Å²) in [5.41, 5.74) is 3.44. The average molecular weight is 533 g/mol. The Bertz CT molecular complexity index is 1480. The van der Waals surface area contributed by atoms with Crippen LogP contribution in [0.3, 0.4) is 0 Å². The molecule has 0 unspecified atom stereocenters. The highest BCUT2D eigenvalue weighted by molar-refractivity contribution is 5.86. The van der Waals surface area contributed by atoms with Gasteiger partial charge in [-0.25, -0.2) is 4.98 Å². The van der Waals surface area contributed by atoms with Gasteiger partial charge in [0.2, 0.25) is 5.95 Å². The van der Waals surface area contributed by atoms with Gasteiger partial charge in [-0.15, -0.1) is 0 Å². The molecule has 0 atom stereocenters. The van der Waals surface area contributed by atoms with E-state index in [2.05, 4.69) is 34.3 Å². The Hall–Kier alpha value is -3.28. The first-order valence-electron chi connectivity index (χ1n) is 14.1. The number of hydrogen-bond donors (Lipinski definition) is 0. The number of morpholine rings is 1. The second-order valence-electron chi connectivity index (χ2n) is 11.1. The lowest BCUT2D eigenvalue weighted by molar-refractivity contribution is -0.0488. The zero-order chi connectivity index (χ0) is 26.5. The number of aryl methyl sites for hydroxylation is 1. The lowest BCUT2D eigenvalue weighted by atomic mass is 10.0. The Morgan fingerprint density at radius 3 is 2.44 bits per heavy atom. The molecule has 0 radical (unpaired) electrons. The molecule has 0 N–H and O–H groups in total. The van der Waals surface area contributed by atoms with Gasteiger partial charge in [-0.3, -0.25) is 14.0 Å². The summed E-state index contributed by atoms with van der Waals surface area (Å²) >= 11 is 0. The Balaban J connectivity index is 1.28. The van der Waals surface area contributed by atoms with Crippen LogP contribution in [0.25, 0.3) is 28.1 Å². The van der Waals surface area contributed by atoms with Crippen LogP contribution in [0.2, 0.25) is 0 Å². The number of nitrogens with zero attached hydrogens (tertiary/aromatic N) is 8. The number of ether oxygens (including phenoxy) is 3. The molecule has 11 nitrogen and oxygen atoms in total. The second kappa shape index (κ2) is 10.0. The van der Waals surface area contributed by atoms with E-state index in [1.165, 1.54) is 0 Å². The van der Waals surface area contributed by atoms with E-state index in [4.69, 9.17) is 34.1 Å². The van der Waals surface area contributed by atoms with Crippen LogP contribution in [-0.2, 0) is 16.5 Å². The summed E-state index contributed by atoms with van der Waals surface area (Å²) in [4.78, 5) is 24.9. The SMILES string of the molecule is CC(C)c1nc2ccccc2n1-c1nc(N2CCOCC2)c2nc(OC3CN(C4CCOCC4)C3)n(C)c2n1. The molecular weight excluding hydrogens is 496 g/mol. The van der Waals surface area contributed by atoms with Gasteiger partial charge < -0.3 is 19.1 Å². The largest absolute Gasteiger partial charge is 0.459 e. The Kier molecular flexibility index (Phi) is 6.37. The molecule has 7 rings (SSSR count). The van der Waals surface area contributed by atoms with Gasteiger partial charge in [0, 0.05) is 58.4 Å². The molecule has 0 spiro atoms. The Morgan fingerprint density at radius 2 is 1.67 bits per heavy atom. The first-order chi connectivity index (χ1) is 19.1. The number of likely N-dealkylation sites (tertiary alicyclic amines) is 1. The lowest BCUT2D eigenvalue weighted by Crippen LogP contribution is -2.58. The van der Waals surface area contributed by atoms with E-state index in [9.17, 15) is 0 Å². The summed E-state index contributed by atoms with van der Waals surface area (Å²) in [6, 6.07) is 9.35. The first kappa shape index (κ1) is 24.7. The summed E-state index contributed by atoms with van der Waals surface area (Å²) < 4.78 is 21.7. The lowest BCUT2D eigenvalue weighted by Gasteiger charge is -2.44. The molecule has 0 saturated carbocycles. The minimum Gasteiger partial charge on any atom is -0.459 e. The number of aromatic nitrogens is 6. The van der Waals surface area contributed by atoms with E-state index >= 15 is 0 Å². The van der Waals surface area contributed by atoms with Crippen molar-refractivity contribution >= 4 is 28.0 Å². The molecule has 11 heteroatoms. The van der Waals surface area contributed by atoms with Crippen LogP contribution in [0.4, 0.5) is 5.82 Å². The molecule has 3 saturated heterocycles. The van der Waals surface area contributed by atoms with Crippen LogP contribution in [0.1, 0.15) is 38.4 Å². The molecule has 3 fully saturated rings. The number of rotatable bonds is 6. The van der Waals surface area contributed by atoms with Crippen LogP contribution >= 0.6 is 0 Å². The number of para-hydroxylation sites is 2.